The lowest BCUT2D eigenvalue weighted by Gasteiger charge is -2.49. The number of benzene rings is 1. The second-order valence-corrected chi connectivity index (χ2v) is 7.83. The molecule has 1 aromatic rings. The molecule has 1 saturated carbocycles. The molecule has 2 aliphatic rings. The van der Waals surface area contributed by atoms with Crippen LogP contribution in [0.2, 0.25) is 0 Å². The van der Waals surface area contributed by atoms with Gasteiger partial charge in [0.05, 0.1) is 0 Å². The van der Waals surface area contributed by atoms with Crippen LogP contribution in [0.3, 0.4) is 0 Å². The standard InChI is InChI=1S/C20H30O.CH4/c1-15(2)6-5-12-20-11-4-3-7-19(20)18-9-8-17(21)14-16(18)10-13-20;/h8-9,14-15,19,21H,3-7,10-13H2,1-2H3;1H4. The number of hydrogen-bond acceptors (Lipinski definition) is 1. The number of fused-ring (bicyclic) bond motifs is 3. The Hall–Kier alpha value is -0.980. The predicted molar refractivity (Wildman–Crippen MR) is 95.5 cm³/mol. The van der Waals surface area contributed by atoms with Gasteiger partial charge < -0.3 is 5.11 Å². The summed E-state index contributed by atoms with van der Waals surface area (Å²) in [6.45, 7) is 4.68. The van der Waals surface area contributed by atoms with E-state index in [1.165, 1.54) is 63.4 Å². The third-order valence-corrected chi connectivity index (χ3v) is 6.01. The molecule has 3 rings (SSSR count). The van der Waals surface area contributed by atoms with Gasteiger partial charge in [-0.2, -0.15) is 0 Å². The van der Waals surface area contributed by atoms with Crippen LogP contribution in [0.15, 0.2) is 18.2 Å². The van der Waals surface area contributed by atoms with Gasteiger partial charge in [-0.1, -0.05) is 53.0 Å². The van der Waals surface area contributed by atoms with Crippen molar-refractivity contribution in [2.75, 3.05) is 0 Å². The lowest BCUT2D eigenvalue weighted by Crippen LogP contribution is -2.36. The summed E-state index contributed by atoms with van der Waals surface area (Å²) in [5, 5.41) is 9.75. The Morgan fingerprint density at radius 3 is 2.82 bits per heavy atom. The molecule has 0 aliphatic heterocycles. The lowest BCUT2D eigenvalue weighted by molar-refractivity contribution is 0.106. The molecule has 2 atom stereocenters. The van der Waals surface area contributed by atoms with Crippen LogP contribution in [0.25, 0.3) is 0 Å². The average molecular weight is 303 g/mol. The van der Waals surface area contributed by atoms with E-state index in [1.807, 2.05) is 12.1 Å². The van der Waals surface area contributed by atoms with Gasteiger partial charge in [-0.15, -0.1) is 0 Å². The van der Waals surface area contributed by atoms with E-state index in [-0.39, 0.29) is 7.43 Å². The van der Waals surface area contributed by atoms with Crippen LogP contribution in [0.1, 0.15) is 89.7 Å². The van der Waals surface area contributed by atoms with Gasteiger partial charge in [0.1, 0.15) is 5.75 Å². The second kappa shape index (κ2) is 7.06. The first kappa shape index (κ1) is 17.4. The maximum absolute atomic E-state index is 9.75. The fourth-order valence-corrected chi connectivity index (χ4v) is 4.91. The summed E-state index contributed by atoms with van der Waals surface area (Å²) in [5.74, 6) is 2.02. The highest BCUT2D eigenvalue weighted by atomic mass is 16.3. The quantitative estimate of drug-likeness (QED) is 0.678. The molecule has 1 heteroatoms. The fraction of sp³-hybridized carbons (Fsp3) is 0.714. The van der Waals surface area contributed by atoms with E-state index in [9.17, 15) is 5.11 Å². The summed E-state index contributed by atoms with van der Waals surface area (Å²) >= 11 is 0. The van der Waals surface area contributed by atoms with Crippen molar-refractivity contribution in [2.24, 2.45) is 11.3 Å². The largest absolute Gasteiger partial charge is 0.508 e. The highest BCUT2D eigenvalue weighted by molar-refractivity contribution is 5.40. The van der Waals surface area contributed by atoms with Gasteiger partial charge in [0.15, 0.2) is 0 Å². The van der Waals surface area contributed by atoms with Crippen molar-refractivity contribution >= 4 is 0 Å². The van der Waals surface area contributed by atoms with Crippen molar-refractivity contribution in [1.29, 1.82) is 0 Å². The average Bonchev–Trinajstić information content (AvgIpc) is 2.46. The minimum atomic E-state index is 0. The van der Waals surface area contributed by atoms with Crippen molar-refractivity contribution in [1.82, 2.24) is 0 Å². The number of aryl methyl sites for hydroxylation is 1. The van der Waals surface area contributed by atoms with Crippen LogP contribution >= 0.6 is 0 Å². The van der Waals surface area contributed by atoms with Crippen LogP contribution < -0.4 is 0 Å². The fourth-order valence-electron chi connectivity index (χ4n) is 4.91. The van der Waals surface area contributed by atoms with Crippen molar-refractivity contribution in [2.45, 2.75) is 85.0 Å². The summed E-state index contributed by atoms with van der Waals surface area (Å²) in [7, 11) is 0. The predicted octanol–water partition coefficient (Wildman–Crippen LogP) is 6.44. The SMILES string of the molecule is C.CC(C)CCCC12CCCCC1c1ccc(O)cc1CC2. The number of phenols is 1. The Kier molecular flexibility index (Phi) is 5.58. The molecule has 1 aromatic carbocycles. The van der Waals surface area contributed by atoms with Gasteiger partial charge >= 0.3 is 0 Å². The molecule has 0 amide bonds. The van der Waals surface area contributed by atoms with Crippen LogP contribution in [-0.4, -0.2) is 5.11 Å². The van der Waals surface area contributed by atoms with Crippen LogP contribution in [0.5, 0.6) is 5.75 Å². The van der Waals surface area contributed by atoms with E-state index >= 15 is 0 Å². The van der Waals surface area contributed by atoms with Crippen molar-refractivity contribution < 1.29 is 5.11 Å². The second-order valence-electron chi connectivity index (χ2n) is 7.83. The highest BCUT2D eigenvalue weighted by Crippen LogP contribution is 2.56. The molecular weight excluding hydrogens is 268 g/mol. The third kappa shape index (κ3) is 3.34. The molecule has 1 nitrogen and oxygen atoms in total. The van der Waals surface area contributed by atoms with Gasteiger partial charge in [-0.3, -0.25) is 0 Å². The molecule has 2 aliphatic carbocycles. The number of hydrogen-bond donors (Lipinski definition) is 1. The van der Waals surface area contributed by atoms with E-state index in [4.69, 9.17) is 0 Å². The van der Waals surface area contributed by atoms with Gasteiger partial charge in [0.25, 0.3) is 0 Å². The molecule has 1 N–H and O–H groups in total. The monoisotopic (exact) mass is 302 g/mol. The molecule has 2 unspecified atom stereocenters. The van der Waals surface area contributed by atoms with Crippen molar-refractivity contribution in [3.63, 3.8) is 0 Å². The Balaban J connectivity index is 0.00000176. The van der Waals surface area contributed by atoms with Crippen LogP contribution in [0.4, 0.5) is 0 Å². The molecule has 124 valence electrons. The normalized spacial score (nSPS) is 27.0. The molecule has 0 bridgehead atoms. The maximum Gasteiger partial charge on any atom is 0.115 e. The molecule has 0 spiro atoms. The topological polar surface area (TPSA) is 20.2 Å². The van der Waals surface area contributed by atoms with Crippen molar-refractivity contribution in [3.05, 3.63) is 29.3 Å². The summed E-state index contributed by atoms with van der Waals surface area (Å²) in [6, 6.07) is 6.14. The van der Waals surface area contributed by atoms with Crippen LogP contribution in [0, 0.1) is 11.3 Å². The highest BCUT2D eigenvalue weighted by Gasteiger charge is 2.43. The van der Waals surface area contributed by atoms with Crippen molar-refractivity contribution in [3.8, 4) is 5.75 Å². The van der Waals surface area contributed by atoms with E-state index < -0.39 is 0 Å². The first-order valence-corrected chi connectivity index (χ1v) is 8.92. The molecular formula is C21H34O. The van der Waals surface area contributed by atoms with E-state index in [0.717, 1.165) is 11.8 Å². The van der Waals surface area contributed by atoms with Crippen LogP contribution in [-0.2, 0) is 6.42 Å². The van der Waals surface area contributed by atoms with Gasteiger partial charge in [-0.25, -0.2) is 0 Å². The Morgan fingerprint density at radius 2 is 2.05 bits per heavy atom. The first-order valence-electron chi connectivity index (χ1n) is 8.92. The number of rotatable bonds is 4. The van der Waals surface area contributed by atoms with Gasteiger partial charge in [0.2, 0.25) is 0 Å². The minimum Gasteiger partial charge on any atom is -0.508 e. The number of phenolic OH excluding ortho intramolecular Hbond substituents is 1. The summed E-state index contributed by atoms with van der Waals surface area (Å²) < 4.78 is 0. The summed E-state index contributed by atoms with van der Waals surface area (Å²) in [5.41, 5.74) is 3.54. The Bertz CT molecular complexity index is 491. The molecule has 0 radical (unpaired) electrons. The summed E-state index contributed by atoms with van der Waals surface area (Å²) in [6.07, 6.45) is 12.3. The van der Waals surface area contributed by atoms with Gasteiger partial charge in [-0.05, 0) is 72.6 Å². The van der Waals surface area contributed by atoms with Gasteiger partial charge in [0, 0.05) is 0 Å². The molecule has 0 saturated heterocycles. The molecule has 1 fully saturated rings. The van der Waals surface area contributed by atoms with E-state index in [0.29, 0.717) is 11.2 Å². The zero-order valence-electron chi connectivity index (χ0n) is 13.7. The molecule has 0 aromatic heterocycles. The molecule has 0 heterocycles. The number of aromatic hydroxyl groups is 1. The Morgan fingerprint density at radius 1 is 1.23 bits per heavy atom. The minimum absolute atomic E-state index is 0. The lowest BCUT2D eigenvalue weighted by atomic mass is 9.56. The smallest absolute Gasteiger partial charge is 0.115 e. The van der Waals surface area contributed by atoms with E-state index in [2.05, 4.69) is 19.9 Å². The van der Waals surface area contributed by atoms with E-state index in [1.54, 1.807) is 5.56 Å². The zero-order valence-corrected chi connectivity index (χ0v) is 13.7. The zero-order chi connectivity index (χ0) is 14.9. The third-order valence-electron chi connectivity index (χ3n) is 6.01. The summed E-state index contributed by atoms with van der Waals surface area (Å²) in [4.78, 5) is 0. The first-order chi connectivity index (χ1) is 10.1. The Labute approximate surface area is 137 Å². The maximum atomic E-state index is 9.75. The molecule has 22 heavy (non-hydrogen) atoms.